The van der Waals surface area contributed by atoms with E-state index in [0.29, 0.717) is 17.0 Å². The van der Waals surface area contributed by atoms with Gasteiger partial charge in [0.15, 0.2) is 0 Å². The fraction of sp³-hybridized carbons (Fsp3) is 0.562. The number of nitrogens with zero attached hydrogens (tertiary/aromatic N) is 3. The monoisotopic (exact) mass is 621 g/mol. The summed E-state index contributed by atoms with van der Waals surface area (Å²) in [5.41, 5.74) is -2.71. The Kier molecular flexibility index (Phi) is 8.66. The summed E-state index contributed by atoms with van der Waals surface area (Å²) in [6.45, 7) is 1.72. The van der Waals surface area contributed by atoms with Crippen LogP contribution in [0.25, 0.3) is 0 Å². The number of ether oxygens (including phenoxy) is 1. The van der Waals surface area contributed by atoms with Gasteiger partial charge in [0.05, 0.1) is 16.7 Å². The van der Waals surface area contributed by atoms with E-state index in [4.69, 9.17) is 16.3 Å². The number of aliphatic hydroxyl groups is 1. The topological polar surface area (TPSA) is 73.3 Å². The number of hydrogen-bond donors (Lipinski definition) is 1. The summed E-state index contributed by atoms with van der Waals surface area (Å²) < 4.78 is 48.5. The van der Waals surface area contributed by atoms with Gasteiger partial charge in [0, 0.05) is 52.0 Å². The molecule has 2 atom stereocenters. The van der Waals surface area contributed by atoms with Crippen molar-refractivity contribution in [2.24, 2.45) is 11.3 Å². The lowest BCUT2D eigenvalue weighted by atomic mass is 9.54. The Bertz CT molecular complexity index is 1360. The molecule has 3 fully saturated rings. The van der Waals surface area contributed by atoms with E-state index < -0.39 is 23.2 Å². The zero-order valence-electron chi connectivity index (χ0n) is 24.8. The highest BCUT2D eigenvalue weighted by Gasteiger charge is 2.62. The first-order valence-corrected chi connectivity index (χ1v) is 15.2. The van der Waals surface area contributed by atoms with Crippen molar-refractivity contribution in [1.82, 2.24) is 9.80 Å². The average Bonchev–Trinajstić information content (AvgIpc) is 3.78. The van der Waals surface area contributed by atoms with Crippen molar-refractivity contribution in [2.45, 2.75) is 62.8 Å². The minimum Gasteiger partial charge on any atom is -0.490 e. The van der Waals surface area contributed by atoms with Gasteiger partial charge in [-0.2, -0.15) is 13.2 Å². The van der Waals surface area contributed by atoms with Crippen LogP contribution in [-0.4, -0.2) is 79.8 Å². The highest BCUT2D eigenvalue weighted by Crippen LogP contribution is 2.55. The lowest BCUT2D eigenvalue weighted by Crippen LogP contribution is -2.55. The Labute approximate surface area is 255 Å². The van der Waals surface area contributed by atoms with Gasteiger partial charge in [-0.05, 0) is 86.6 Å². The molecule has 0 bridgehead atoms. The minimum absolute atomic E-state index is 0.0358. The summed E-state index contributed by atoms with van der Waals surface area (Å²) >= 11 is 6.43. The third kappa shape index (κ3) is 6.18. The molecule has 2 amide bonds. The number of piperidine rings is 1. The van der Waals surface area contributed by atoms with Crippen LogP contribution in [0.1, 0.15) is 60.9 Å². The van der Waals surface area contributed by atoms with Gasteiger partial charge in [-0.1, -0.05) is 23.7 Å². The summed E-state index contributed by atoms with van der Waals surface area (Å²) in [5.74, 6) is -1.05. The Morgan fingerprint density at radius 3 is 2.30 bits per heavy atom. The molecule has 1 aliphatic heterocycles. The van der Waals surface area contributed by atoms with Crippen LogP contribution < -0.4 is 9.64 Å². The van der Waals surface area contributed by atoms with Crippen molar-refractivity contribution >= 4 is 29.1 Å². The quantitative estimate of drug-likeness (QED) is 0.379. The van der Waals surface area contributed by atoms with Gasteiger partial charge >= 0.3 is 6.18 Å². The SMILES string of the molecule is CN(C)C(=O)c1ccc(N2CCC3(CCC3CCN(C)C(=O)C(O)(c3cccc(OC4CC4)c3)C(F)(F)F)CC2)cc1Cl. The van der Waals surface area contributed by atoms with Gasteiger partial charge in [0.1, 0.15) is 5.75 Å². The molecular formula is C32H39ClF3N3O4. The molecule has 2 aromatic rings. The molecule has 5 rings (SSSR count). The fourth-order valence-electron chi connectivity index (χ4n) is 6.50. The van der Waals surface area contributed by atoms with Crippen LogP contribution in [0.2, 0.25) is 5.02 Å². The lowest BCUT2D eigenvalue weighted by Gasteiger charge is -2.55. The van der Waals surface area contributed by atoms with Crippen LogP contribution in [-0.2, 0) is 10.4 Å². The molecule has 43 heavy (non-hydrogen) atoms. The van der Waals surface area contributed by atoms with Gasteiger partial charge in [0.2, 0.25) is 0 Å². The number of alkyl halides is 3. The van der Waals surface area contributed by atoms with Crippen LogP contribution in [0, 0.1) is 11.3 Å². The molecule has 1 spiro atoms. The standard InChI is InChI=1S/C32H39ClF3N3O4/c1-37(2)28(40)26-10-7-23(20-27(26)33)39-17-14-30(15-18-39)13-11-21(30)12-16-38(3)29(41)31(42,32(34,35)36)22-5-4-6-25(19-22)43-24-8-9-24/h4-7,10,19-21,24,42H,8-9,11-18H2,1-3H3. The Balaban J connectivity index is 1.20. The molecule has 7 nitrogen and oxygen atoms in total. The largest absolute Gasteiger partial charge is 0.490 e. The first-order chi connectivity index (χ1) is 20.2. The number of carbonyl (C=O) groups is 2. The van der Waals surface area contributed by atoms with Crippen LogP contribution in [0.5, 0.6) is 5.75 Å². The number of hydrogen-bond acceptors (Lipinski definition) is 5. The molecule has 3 aliphatic rings. The number of likely N-dealkylation sites (N-methyl/N-ethyl adjacent to an activating group) is 1. The maximum Gasteiger partial charge on any atom is 0.430 e. The summed E-state index contributed by atoms with van der Waals surface area (Å²) in [6.07, 6.45) is 0.826. The molecule has 2 unspecified atom stereocenters. The zero-order chi connectivity index (χ0) is 31.2. The average molecular weight is 622 g/mol. The van der Waals surface area contributed by atoms with Crippen LogP contribution in [0.3, 0.4) is 0 Å². The molecule has 11 heteroatoms. The van der Waals surface area contributed by atoms with Crippen LogP contribution >= 0.6 is 11.6 Å². The molecule has 2 aromatic carbocycles. The predicted molar refractivity (Wildman–Crippen MR) is 158 cm³/mol. The number of halogens is 4. The molecule has 2 aliphatic carbocycles. The van der Waals surface area contributed by atoms with Gasteiger partial charge in [-0.15, -0.1) is 0 Å². The first kappa shape index (κ1) is 31.4. The van der Waals surface area contributed by atoms with E-state index in [1.54, 1.807) is 20.2 Å². The van der Waals surface area contributed by atoms with Gasteiger partial charge in [0.25, 0.3) is 17.4 Å². The summed E-state index contributed by atoms with van der Waals surface area (Å²) in [5, 5.41) is 11.3. The van der Waals surface area contributed by atoms with Crippen molar-refractivity contribution in [3.05, 3.63) is 58.6 Å². The van der Waals surface area contributed by atoms with E-state index in [0.717, 1.165) is 74.3 Å². The smallest absolute Gasteiger partial charge is 0.430 e. The minimum atomic E-state index is -5.21. The van der Waals surface area contributed by atoms with Crippen molar-refractivity contribution < 1.29 is 32.6 Å². The second-order valence-corrected chi connectivity index (χ2v) is 12.9. The number of amides is 2. The second-order valence-electron chi connectivity index (χ2n) is 12.5. The van der Waals surface area contributed by atoms with Crippen LogP contribution in [0.15, 0.2) is 42.5 Å². The summed E-state index contributed by atoms with van der Waals surface area (Å²) in [7, 11) is 4.69. The first-order valence-electron chi connectivity index (χ1n) is 14.8. The molecule has 1 saturated heterocycles. The molecule has 234 valence electrons. The maximum absolute atomic E-state index is 14.3. The van der Waals surface area contributed by atoms with E-state index in [1.165, 1.54) is 24.1 Å². The van der Waals surface area contributed by atoms with E-state index in [-0.39, 0.29) is 35.6 Å². The normalized spacial score (nSPS) is 21.1. The third-order valence-corrected chi connectivity index (χ3v) is 9.84. The summed E-state index contributed by atoms with van der Waals surface area (Å²) in [4.78, 5) is 30.3. The Morgan fingerprint density at radius 2 is 1.74 bits per heavy atom. The number of carbonyl (C=O) groups excluding carboxylic acids is 2. The number of rotatable bonds is 9. The van der Waals surface area contributed by atoms with Crippen molar-refractivity contribution in [3.63, 3.8) is 0 Å². The second kappa shape index (κ2) is 11.8. The Morgan fingerprint density at radius 1 is 1.05 bits per heavy atom. The molecule has 1 N–H and O–H groups in total. The molecule has 0 radical (unpaired) electrons. The van der Waals surface area contributed by atoms with Gasteiger partial charge in [-0.25, -0.2) is 0 Å². The van der Waals surface area contributed by atoms with E-state index in [9.17, 15) is 27.9 Å². The van der Waals surface area contributed by atoms with E-state index in [1.807, 2.05) is 12.1 Å². The highest BCUT2D eigenvalue weighted by molar-refractivity contribution is 6.34. The number of anilines is 1. The third-order valence-electron chi connectivity index (χ3n) is 9.53. The van der Waals surface area contributed by atoms with Crippen molar-refractivity contribution in [1.29, 1.82) is 0 Å². The molecule has 1 heterocycles. The van der Waals surface area contributed by atoms with E-state index in [2.05, 4.69) is 4.90 Å². The number of benzene rings is 2. The van der Waals surface area contributed by atoms with Gasteiger partial charge in [-0.3, -0.25) is 9.59 Å². The molecule has 0 aromatic heterocycles. The predicted octanol–water partition coefficient (Wildman–Crippen LogP) is 5.88. The molecule has 2 saturated carbocycles. The van der Waals surface area contributed by atoms with Crippen molar-refractivity contribution in [2.75, 3.05) is 45.7 Å². The van der Waals surface area contributed by atoms with Gasteiger partial charge < -0.3 is 24.5 Å². The molecular weight excluding hydrogens is 583 g/mol. The lowest BCUT2D eigenvalue weighted by molar-refractivity contribution is -0.261. The Hall–Kier alpha value is -2.98. The van der Waals surface area contributed by atoms with Crippen LogP contribution in [0.4, 0.5) is 18.9 Å². The zero-order valence-corrected chi connectivity index (χ0v) is 25.5. The fourth-order valence-corrected chi connectivity index (χ4v) is 6.75. The van der Waals surface area contributed by atoms with Crippen molar-refractivity contribution in [3.8, 4) is 5.75 Å². The maximum atomic E-state index is 14.3. The van der Waals surface area contributed by atoms with E-state index >= 15 is 0 Å². The highest BCUT2D eigenvalue weighted by atomic mass is 35.5. The summed E-state index contributed by atoms with van der Waals surface area (Å²) in [6, 6.07) is 10.6.